The van der Waals surface area contributed by atoms with Crippen LogP contribution in [0.15, 0.2) is 84.9 Å². The highest BCUT2D eigenvalue weighted by Crippen LogP contribution is 2.26. The van der Waals surface area contributed by atoms with E-state index < -0.39 is 0 Å². The van der Waals surface area contributed by atoms with Gasteiger partial charge in [-0.25, -0.2) is 0 Å². The van der Waals surface area contributed by atoms with Crippen LogP contribution in [0.4, 0.5) is 22.7 Å². The standard InChI is InChI=1S/C14H12N2.C10H10N2/c15-13-3-1-9-5-12-8-14(16)4-2-10(12)6-11(9)7-13;11-9-5-7-3-1-2-4-8(7)6-10(9)12/h1-8H,15-16H2;1-6H,11-12H2. The zero-order chi connectivity index (χ0) is 19.7. The second-order valence-electron chi connectivity index (χ2n) is 6.89. The fourth-order valence-corrected chi connectivity index (χ4v) is 3.31. The lowest BCUT2D eigenvalue weighted by Crippen LogP contribution is -1.93. The van der Waals surface area contributed by atoms with Gasteiger partial charge in [0.25, 0.3) is 0 Å². The van der Waals surface area contributed by atoms with Crippen molar-refractivity contribution in [1.29, 1.82) is 0 Å². The second-order valence-corrected chi connectivity index (χ2v) is 6.89. The first-order valence-electron chi connectivity index (χ1n) is 9.02. The molecule has 0 aliphatic carbocycles. The molecule has 0 aliphatic rings. The van der Waals surface area contributed by atoms with E-state index in [1.165, 1.54) is 10.8 Å². The number of fused-ring (bicyclic) bond motifs is 3. The van der Waals surface area contributed by atoms with Crippen LogP contribution < -0.4 is 22.9 Å². The van der Waals surface area contributed by atoms with Crippen molar-refractivity contribution < 1.29 is 0 Å². The van der Waals surface area contributed by atoms with Gasteiger partial charge in [-0.2, -0.15) is 0 Å². The lowest BCUT2D eigenvalue weighted by atomic mass is 10.0. The van der Waals surface area contributed by atoms with Gasteiger partial charge in [-0.3, -0.25) is 0 Å². The van der Waals surface area contributed by atoms with E-state index in [-0.39, 0.29) is 0 Å². The zero-order valence-electron chi connectivity index (χ0n) is 15.4. The third-order valence-corrected chi connectivity index (χ3v) is 4.80. The Bertz CT molecular complexity index is 1210. The van der Waals surface area contributed by atoms with Gasteiger partial charge in [-0.05, 0) is 80.8 Å². The Morgan fingerprint density at radius 2 is 0.750 bits per heavy atom. The lowest BCUT2D eigenvalue weighted by molar-refractivity contribution is 1.70. The maximum atomic E-state index is 5.77. The summed E-state index contributed by atoms with van der Waals surface area (Å²) >= 11 is 0. The minimum absolute atomic E-state index is 0.647. The molecule has 0 heterocycles. The smallest absolute Gasteiger partial charge is 0.0554 e. The average molecular weight is 366 g/mol. The summed E-state index contributed by atoms with van der Waals surface area (Å²) in [6.45, 7) is 0. The molecule has 0 unspecified atom stereocenters. The summed E-state index contributed by atoms with van der Waals surface area (Å²) in [5.74, 6) is 0. The van der Waals surface area contributed by atoms with Gasteiger partial charge in [0, 0.05) is 11.4 Å². The van der Waals surface area contributed by atoms with Crippen molar-refractivity contribution >= 4 is 55.1 Å². The Morgan fingerprint density at radius 3 is 1.18 bits per heavy atom. The van der Waals surface area contributed by atoms with E-state index in [1.54, 1.807) is 0 Å². The van der Waals surface area contributed by atoms with Crippen molar-refractivity contribution in [1.82, 2.24) is 0 Å². The van der Waals surface area contributed by atoms with Crippen molar-refractivity contribution in [2.24, 2.45) is 0 Å². The van der Waals surface area contributed by atoms with Crippen LogP contribution in [0.5, 0.6) is 0 Å². The van der Waals surface area contributed by atoms with E-state index in [0.29, 0.717) is 11.4 Å². The quantitative estimate of drug-likeness (QED) is 0.224. The van der Waals surface area contributed by atoms with Gasteiger partial charge in [0.05, 0.1) is 11.4 Å². The number of benzene rings is 5. The monoisotopic (exact) mass is 366 g/mol. The molecule has 0 spiro atoms. The molecular weight excluding hydrogens is 344 g/mol. The fourth-order valence-electron chi connectivity index (χ4n) is 3.31. The summed E-state index contributed by atoms with van der Waals surface area (Å²) in [6, 6.07) is 28.0. The van der Waals surface area contributed by atoms with Gasteiger partial charge >= 0.3 is 0 Å². The molecule has 4 heteroatoms. The first-order chi connectivity index (χ1) is 13.5. The summed E-state index contributed by atoms with van der Waals surface area (Å²) in [7, 11) is 0. The Kier molecular flexibility index (Phi) is 4.38. The molecule has 0 bridgehead atoms. The van der Waals surface area contributed by atoms with Gasteiger partial charge in [0.15, 0.2) is 0 Å². The number of hydrogen-bond acceptors (Lipinski definition) is 4. The van der Waals surface area contributed by atoms with Crippen LogP contribution in [0.25, 0.3) is 32.3 Å². The van der Waals surface area contributed by atoms with E-state index in [1.807, 2.05) is 72.8 Å². The molecule has 4 nitrogen and oxygen atoms in total. The van der Waals surface area contributed by atoms with Crippen molar-refractivity contribution in [3.8, 4) is 0 Å². The van der Waals surface area contributed by atoms with Crippen LogP contribution >= 0.6 is 0 Å². The molecular formula is C24H22N4. The zero-order valence-corrected chi connectivity index (χ0v) is 15.4. The highest BCUT2D eigenvalue weighted by Gasteiger charge is 1.99. The van der Waals surface area contributed by atoms with Crippen LogP contribution in [0, 0.1) is 0 Å². The van der Waals surface area contributed by atoms with E-state index >= 15 is 0 Å². The largest absolute Gasteiger partial charge is 0.399 e. The molecule has 8 N–H and O–H groups in total. The summed E-state index contributed by atoms with van der Waals surface area (Å²) in [4.78, 5) is 0. The van der Waals surface area contributed by atoms with Gasteiger partial charge in [-0.15, -0.1) is 0 Å². The van der Waals surface area contributed by atoms with Crippen molar-refractivity contribution in [2.75, 3.05) is 22.9 Å². The van der Waals surface area contributed by atoms with E-state index in [0.717, 1.165) is 32.9 Å². The SMILES string of the molecule is Nc1cc2ccccc2cc1N.Nc1ccc2cc3cc(N)ccc3cc2c1. The molecule has 0 fully saturated rings. The van der Waals surface area contributed by atoms with Crippen LogP contribution in [-0.4, -0.2) is 0 Å². The highest BCUT2D eigenvalue weighted by atomic mass is 14.7. The van der Waals surface area contributed by atoms with Crippen LogP contribution in [0.2, 0.25) is 0 Å². The second kappa shape index (κ2) is 7.00. The van der Waals surface area contributed by atoms with Crippen molar-refractivity contribution in [2.45, 2.75) is 0 Å². The lowest BCUT2D eigenvalue weighted by Gasteiger charge is -2.04. The maximum absolute atomic E-state index is 5.77. The summed E-state index contributed by atoms with van der Waals surface area (Å²) in [5.41, 5.74) is 25.7. The van der Waals surface area contributed by atoms with E-state index in [9.17, 15) is 0 Å². The summed E-state index contributed by atoms with van der Waals surface area (Å²) in [6.07, 6.45) is 0. The first kappa shape index (κ1) is 17.5. The maximum Gasteiger partial charge on any atom is 0.0554 e. The Balaban J connectivity index is 0.000000143. The third-order valence-electron chi connectivity index (χ3n) is 4.80. The molecule has 5 aromatic rings. The molecule has 138 valence electrons. The molecule has 0 saturated heterocycles. The molecule has 0 atom stereocenters. The Morgan fingerprint density at radius 1 is 0.357 bits per heavy atom. The number of nitrogens with two attached hydrogens (primary N) is 4. The summed E-state index contributed by atoms with van der Waals surface area (Å²) in [5, 5.41) is 6.96. The molecule has 5 aromatic carbocycles. The van der Waals surface area contributed by atoms with Crippen LogP contribution in [0.3, 0.4) is 0 Å². The first-order valence-corrected chi connectivity index (χ1v) is 9.02. The predicted octanol–water partition coefficient (Wildman–Crippen LogP) is 5.16. The number of rotatable bonds is 0. The Labute approximate surface area is 163 Å². The molecule has 0 aromatic heterocycles. The third kappa shape index (κ3) is 3.48. The topological polar surface area (TPSA) is 104 Å². The molecule has 0 radical (unpaired) electrons. The molecule has 0 amide bonds. The minimum Gasteiger partial charge on any atom is -0.399 e. The fraction of sp³-hybridized carbons (Fsp3) is 0. The number of nitrogen functional groups attached to an aromatic ring is 4. The normalized spacial score (nSPS) is 10.7. The molecule has 28 heavy (non-hydrogen) atoms. The molecule has 0 aliphatic heterocycles. The van der Waals surface area contributed by atoms with Gasteiger partial charge < -0.3 is 22.9 Å². The van der Waals surface area contributed by atoms with Gasteiger partial charge in [0.1, 0.15) is 0 Å². The van der Waals surface area contributed by atoms with Crippen LogP contribution in [0.1, 0.15) is 0 Å². The van der Waals surface area contributed by atoms with Crippen molar-refractivity contribution in [3.05, 3.63) is 84.9 Å². The highest BCUT2D eigenvalue weighted by molar-refractivity contribution is 6.00. The molecule has 0 saturated carbocycles. The predicted molar refractivity (Wildman–Crippen MR) is 123 cm³/mol. The minimum atomic E-state index is 0.647. The van der Waals surface area contributed by atoms with Crippen molar-refractivity contribution in [3.63, 3.8) is 0 Å². The average Bonchev–Trinajstić information content (AvgIpc) is 2.68. The van der Waals surface area contributed by atoms with Gasteiger partial charge in [0.2, 0.25) is 0 Å². The summed E-state index contributed by atoms with van der Waals surface area (Å²) < 4.78 is 0. The number of anilines is 4. The molecule has 5 rings (SSSR count). The van der Waals surface area contributed by atoms with E-state index in [2.05, 4.69) is 12.1 Å². The Hall–Kier alpha value is -3.92. The number of hydrogen-bond donors (Lipinski definition) is 4. The van der Waals surface area contributed by atoms with E-state index in [4.69, 9.17) is 22.9 Å². The van der Waals surface area contributed by atoms with Crippen LogP contribution in [-0.2, 0) is 0 Å². The van der Waals surface area contributed by atoms with Gasteiger partial charge in [-0.1, -0.05) is 36.4 Å².